The molecule has 0 unspecified atom stereocenters. The molecule has 0 radical (unpaired) electrons. The third-order valence-corrected chi connectivity index (χ3v) is 12.3. The van der Waals surface area contributed by atoms with E-state index >= 15 is 4.39 Å². The van der Waals surface area contributed by atoms with E-state index in [9.17, 15) is 47.9 Å². The van der Waals surface area contributed by atoms with Crippen molar-refractivity contribution in [2.45, 2.75) is 64.7 Å². The van der Waals surface area contributed by atoms with Crippen LogP contribution in [0.15, 0.2) is 72.9 Å². The summed E-state index contributed by atoms with van der Waals surface area (Å²) in [4.78, 5) is 101. The number of nitrogens with one attached hydrogen (secondary N) is 3. The van der Waals surface area contributed by atoms with Crippen molar-refractivity contribution in [1.82, 2.24) is 30.3 Å². The molecule has 24 heteroatoms. The molecule has 0 saturated carbocycles. The van der Waals surface area contributed by atoms with Gasteiger partial charge in [-0.05, 0) is 41.7 Å². The Morgan fingerprint density at radius 3 is 2.05 bits per heavy atom. The molecule has 0 aliphatic carbocycles. The highest BCUT2D eigenvalue weighted by atomic mass is 32.2. The van der Waals surface area contributed by atoms with Crippen LogP contribution < -0.4 is 27.4 Å². The van der Waals surface area contributed by atoms with Crippen molar-refractivity contribution >= 4 is 59.1 Å². The molecule has 1 aliphatic heterocycles. The average molecular weight is 1070 g/mol. The molecule has 3 aromatic rings. The van der Waals surface area contributed by atoms with E-state index in [1.807, 2.05) is 55.7 Å². The van der Waals surface area contributed by atoms with Crippen molar-refractivity contribution in [2.75, 3.05) is 90.5 Å². The second-order valence-corrected chi connectivity index (χ2v) is 19.3. The summed E-state index contributed by atoms with van der Waals surface area (Å²) in [6, 6.07) is 11.1. The SMILES string of the molecule is CC(C)(C)[C@H](c1cc(-c2cc(F)ccc2F)cn1Cc1ccccc1)N(CCCNC(=O)[C@@H](N)CC(N)=O)C(=O)CSC[C@H](NC(=O)CCOCCOCCOCCOCCNC(=O)CN1C(=O)C=CC1=O)C(=O)O. The third-order valence-electron chi connectivity index (χ3n) is 11.2. The molecule has 0 fully saturated rings. The fraction of sp³-hybridized carbons (Fsp3) is 0.490. The van der Waals surface area contributed by atoms with Crippen LogP contribution in [0.4, 0.5) is 8.78 Å². The van der Waals surface area contributed by atoms with Gasteiger partial charge in [-0.1, -0.05) is 51.1 Å². The van der Waals surface area contributed by atoms with Gasteiger partial charge in [0.1, 0.15) is 24.2 Å². The summed E-state index contributed by atoms with van der Waals surface area (Å²) in [5.41, 5.74) is 12.2. The molecule has 0 saturated heterocycles. The van der Waals surface area contributed by atoms with Crippen molar-refractivity contribution in [1.29, 1.82) is 0 Å². The summed E-state index contributed by atoms with van der Waals surface area (Å²) in [5, 5.41) is 17.7. The Kier molecular flexibility index (Phi) is 25.5. The van der Waals surface area contributed by atoms with Gasteiger partial charge in [0.15, 0.2) is 0 Å². The molecule has 410 valence electrons. The monoisotopic (exact) mass is 1070 g/mol. The molecule has 4 rings (SSSR count). The molecule has 1 aliphatic rings. The third kappa shape index (κ3) is 21.3. The van der Waals surface area contributed by atoms with E-state index in [2.05, 4.69) is 16.0 Å². The van der Waals surface area contributed by atoms with Crippen LogP contribution in [0.5, 0.6) is 0 Å². The maximum atomic E-state index is 15.3. The van der Waals surface area contributed by atoms with Crippen LogP contribution in [0.25, 0.3) is 11.1 Å². The smallest absolute Gasteiger partial charge is 0.327 e. The van der Waals surface area contributed by atoms with Gasteiger partial charge in [0, 0.05) is 73.5 Å². The van der Waals surface area contributed by atoms with E-state index in [-0.39, 0.29) is 115 Å². The number of hydrogen-bond donors (Lipinski definition) is 6. The Morgan fingerprint density at radius 1 is 0.813 bits per heavy atom. The summed E-state index contributed by atoms with van der Waals surface area (Å²) in [6.07, 6.45) is 3.62. The largest absolute Gasteiger partial charge is 0.480 e. The first-order valence-electron chi connectivity index (χ1n) is 24.3. The summed E-state index contributed by atoms with van der Waals surface area (Å²) < 4.78 is 53.5. The van der Waals surface area contributed by atoms with Gasteiger partial charge in [-0.15, -0.1) is 11.8 Å². The predicted octanol–water partition coefficient (Wildman–Crippen LogP) is 1.91. The standard InChI is InChI=1S/C51H68F2N8O13S/c1-51(2,3)48(41-26-35(37-27-36(52)10-11-38(37)53)30-59(41)29-34-8-5-4-6-9-34)60(17-7-15-57-49(68)39(54)28-42(55)62)47(67)33-75-32-40(50(69)70)58-43(63)14-18-71-20-22-73-24-25-74-23-21-72-19-16-56-44(64)31-61-45(65)12-13-46(61)66/h4-6,8-13,26-27,30,39-40,48H,7,14-25,28-29,31-33,54H2,1-3H3,(H2,55,62)(H,56,64)(H,57,68)(H,58,63)(H,69,70)/t39-,40-,48-/m0/s1. The first-order chi connectivity index (χ1) is 35.7. The first-order valence-corrected chi connectivity index (χ1v) is 25.4. The second-order valence-electron chi connectivity index (χ2n) is 18.3. The maximum absolute atomic E-state index is 15.3. The van der Waals surface area contributed by atoms with Crippen molar-refractivity contribution < 1.29 is 71.2 Å². The highest BCUT2D eigenvalue weighted by Gasteiger charge is 2.37. The zero-order chi connectivity index (χ0) is 54.9. The molecular weight excluding hydrogens is 1000 g/mol. The van der Waals surface area contributed by atoms with Gasteiger partial charge in [0.2, 0.25) is 29.5 Å². The van der Waals surface area contributed by atoms with Gasteiger partial charge < -0.3 is 60.9 Å². The lowest BCUT2D eigenvalue weighted by atomic mass is 9.83. The van der Waals surface area contributed by atoms with Crippen LogP contribution in [0.1, 0.15) is 57.3 Å². The molecule has 7 amide bonds. The van der Waals surface area contributed by atoms with Gasteiger partial charge in [-0.3, -0.25) is 38.5 Å². The van der Waals surface area contributed by atoms with Crippen molar-refractivity contribution in [3.63, 3.8) is 0 Å². The Morgan fingerprint density at radius 2 is 1.44 bits per heavy atom. The zero-order valence-corrected chi connectivity index (χ0v) is 43.2. The number of primary amides is 1. The van der Waals surface area contributed by atoms with Crippen LogP contribution >= 0.6 is 11.8 Å². The average Bonchev–Trinajstić information content (AvgIpc) is 3.90. The van der Waals surface area contributed by atoms with Crippen molar-refractivity contribution in [2.24, 2.45) is 16.9 Å². The molecule has 21 nitrogen and oxygen atoms in total. The van der Waals surface area contributed by atoms with E-state index in [1.165, 1.54) is 0 Å². The lowest BCUT2D eigenvalue weighted by Gasteiger charge is -2.41. The summed E-state index contributed by atoms with van der Waals surface area (Å²) in [6.45, 7) is 7.60. The fourth-order valence-electron chi connectivity index (χ4n) is 7.68. The number of carbonyl (C=O) groups excluding carboxylic acids is 7. The van der Waals surface area contributed by atoms with Crippen LogP contribution in [-0.4, -0.2) is 169 Å². The Balaban J connectivity index is 1.27. The first kappa shape index (κ1) is 61.0. The number of imide groups is 1. The Hall–Kier alpha value is -6.57. The van der Waals surface area contributed by atoms with Crippen LogP contribution in [0.2, 0.25) is 0 Å². The van der Waals surface area contributed by atoms with E-state index in [0.29, 0.717) is 17.8 Å². The van der Waals surface area contributed by atoms with Crippen LogP contribution in [0, 0.1) is 17.0 Å². The molecule has 0 spiro atoms. The molecule has 3 atom stereocenters. The van der Waals surface area contributed by atoms with Gasteiger partial charge in [0.25, 0.3) is 11.8 Å². The number of carboxylic acid groups (broad SMARTS) is 1. The molecule has 1 aromatic heterocycles. The van der Waals surface area contributed by atoms with Gasteiger partial charge >= 0.3 is 5.97 Å². The minimum atomic E-state index is -1.35. The maximum Gasteiger partial charge on any atom is 0.327 e. The van der Waals surface area contributed by atoms with Crippen LogP contribution in [0.3, 0.4) is 0 Å². The van der Waals surface area contributed by atoms with Crippen LogP contribution in [-0.2, 0) is 63.8 Å². The number of rotatable bonds is 35. The van der Waals surface area contributed by atoms with Gasteiger partial charge in [-0.2, -0.15) is 0 Å². The summed E-state index contributed by atoms with van der Waals surface area (Å²) in [7, 11) is 0. The summed E-state index contributed by atoms with van der Waals surface area (Å²) in [5.74, 6) is -6.90. The minimum Gasteiger partial charge on any atom is -0.480 e. The van der Waals surface area contributed by atoms with Gasteiger partial charge in [-0.25, -0.2) is 13.6 Å². The predicted molar refractivity (Wildman–Crippen MR) is 272 cm³/mol. The van der Waals surface area contributed by atoms with Gasteiger partial charge in [0.05, 0.1) is 77.1 Å². The fourth-order valence-corrected chi connectivity index (χ4v) is 8.59. The number of nitrogens with two attached hydrogens (primary N) is 2. The van der Waals surface area contributed by atoms with E-state index < -0.39 is 82.5 Å². The van der Waals surface area contributed by atoms with Crippen molar-refractivity contribution in [3.05, 3.63) is 95.8 Å². The Bertz CT molecular complexity index is 2420. The molecule has 0 bridgehead atoms. The molecule has 75 heavy (non-hydrogen) atoms. The number of amides is 7. The highest BCUT2D eigenvalue weighted by Crippen LogP contribution is 2.41. The molecule has 2 aromatic carbocycles. The Labute approximate surface area is 438 Å². The quantitative estimate of drug-likeness (QED) is 0.0362. The number of ether oxygens (including phenoxy) is 4. The number of carbonyl (C=O) groups is 8. The minimum absolute atomic E-state index is 0.0204. The van der Waals surface area contributed by atoms with E-state index in [0.717, 1.165) is 52.6 Å². The zero-order valence-electron chi connectivity index (χ0n) is 42.4. The normalized spacial score (nSPS) is 13.6. The highest BCUT2D eigenvalue weighted by molar-refractivity contribution is 8.00. The lowest BCUT2D eigenvalue weighted by Crippen LogP contribution is -2.46. The molecular formula is C51H68F2N8O13S. The van der Waals surface area contributed by atoms with Crippen molar-refractivity contribution in [3.8, 4) is 11.1 Å². The number of carboxylic acids is 1. The number of hydrogen-bond acceptors (Lipinski definition) is 14. The summed E-state index contributed by atoms with van der Waals surface area (Å²) >= 11 is 0.998. The number of halogens is 2. The number of benzene rings is 2. The lowest BCUT2D eigenvalue weighted by molar-refractivity contribution is -0.141. The topological polar surface area (TPSA) is 293 Å². The van der Waals surface area contributed by atoms with E-state index in [1.54, 1.807) is 17.2 Å². The number of nitrogens with zero attached hydrogens (tertiary/aromatic N) is 3. The number of thioether (sulfide) groups is 1. The molecule has 8 N–H and O–H groups in total. The second kappa shape index (κ2) is 31.3. The number of aliphatic carboxylic acids is 1. The van der Waals surface area contributed by atoms with E-state index in [4.69, 9.17) is 30.4 Å². The molecule has 2 heterocycles. The number of aromatic nitrogens is 1.